The summed E-state index contributed by atoms with van der Waals surface area (Å²) in [6, 6.07) is 14.9. The number of Topliss-reactive ketones (excluding diaryl/α,β-unsaturated/α-hetero) is 1. The van der Waals surface area contributed by atoms with E-state index in [-0.39, 0.29) is 17.9 Å². The number of carbonyl (C=O) groups excluding carboxylic acids is 2. The first-order valence-corrected chi connectivity index (χ1v) is 10.4. The Bertz CT molecular complexity index is 1210. The first-order valence-electron chi connectivity index (χ1n) is 9.98. The van der Waals surface area contributed by atoms with Crippen LogP contribution >= 0.6 is 11.6 Å². The van der Waals surface area contributed by atoms with Crippen LogP contribution < -0.4 is 4.74 Å². The molecule has 1 saturated heterocycles. The predicted octanol–water partition coefficient (Wildman–Crippen LogP) is 4.67. The number of benzene rings is 2. The number of ether oxygens (including phenoxy) is 1. The topological polar surface area (TPSA) is 79.7 Å². The van der Waals surface area contributed by atoms with Crippen LogP contribution in [0.3, 0.4) is 0 Å². The standard InChI is InChI=1S/C25H21ClN2O4/c1-15-13-19(32-2)7-8-20(15)23(29)21-22(17-3-5-18(26)6-4-17)28(25(31)24(21)30)14-16-9-11-27-12-10-16/h3-13,22,29H,14H2,1-2H3/b23-21-. The second-order valence-corrected chi connectivity index (χ2v) is 7.95. The normalized spacial score (nSPS) is 17.6. The molecular formula is C25H21ClN2O4. The SMILES string of the molecule is COc1ccc(/C(O)=C2/C(=O)C(=O)N(Cc3ccncc3)C2c2ccc(Cl)cc2)c(C)c1. The molecule has 0 saturated carbocycles. The van der Waals surface area contributed by atoms with Crippen molar-refractivity contribution < 1.29 is 19.4 Å². The van der Waals surface area contributed by atoms with Crippen molar-refractivity contribution in [1.29, 1.82) is 0 Å². The fourth-order valence-corrected chi connectivity index (χ4v) is 4.02. The van der Waals surface area contributed by atoms with Crippen molar-refractivity contribution in [3.05, 3.63) is 99.8 Å². The summed E-state index contributed by atoms with van der Waals surface area (Å²) < 4.78 is 5.23. The molecule has 1 aliphatic heterocycles. The van der Waals surface area contributed by atoms with Gasteiger partial charge in [-0.05, 0) is 66.1 Å². The summed E-state index contributed by atoms with van der Waals surface area (Å²) in [5.74, 6) is -0.992. The zero-order chi connectivity index (χ0) is 22.8. The molecule has 1 aromatic heterocycles. The summed E-state index contributed by atoms with van der Waals surface area (Å²) in [5.41, 5.74) is 2.72. The molecule has 1 aliphatic rings. The van der Waals surface area contributed by atoms with Crippen molar-refractivity contribution in [2.45, 2.75) is 19.5 Å². The highest BCUT2D eigenvalue weighted by Gasteiger charge is 2.46. The lowest BCUT2D eigenvalue weighted by atomic mass is 9.94. The molecule has 2 heterocycles. The third-order valence-electron chi connectivity index (χ3n) is 5.52. The molecule has 1 fully saturated rings. The zero-order valence-corrected chi connectivity index (χ0v) is 18.3. The molecule has 32 heavy (non-hydrogen) atoms. The van der Waals surface area contributed by atoms with Crippen LogP contribution in [-0.2, 0) is 16.1 Å². The fraction of sp³-hybridized carbons (Fsp3) is 0.160. The lowest BCUT2D eigenvalue weighted by Gasteiger charge is -2.25. The molecule has 6 nitrogen and oxygen atoms in total. The van der Waals surface area contributed by atoms with Gasteiger partial charge in [0, 0.05) is 29.5 Å². The van der Waals surface area contributed by atoms with E-state index in [0.29, 0.717) is 21.9 Å². The van der Waals surface area contributed by atoms with E-state index in [1.807, 2.05) is 6.92 Å². The van der Waals surface area contributed by atoms with E-state index in [1.54, 1.807) is 74.1 Å². The Morgan fingerprint density at radius 3 is 2.41 bits per heavy atom. The number of pyridine rings is 1. The van der Waals surface area contributed by atoms with Gasteiger partial charge in [0.15, 0.2) is 0 Å². The molecule has 1 unspecified atom stereocenters. The first kappa shape index (κ1) is 21.6. The van der Waals surface area contributed by atoms with Gasteiger partial charge in [-0.1, -0.05) is 23.7 Å². The molecule has 162 valence electrons. The third kappa shape index (κ3) is 3.97. The van der Waals surface area contributed by atoms with Crippen LogP contribution in [0.1, 0.15) is 28.3 Å². The highest BCUT2D eigenvalue weighted by Crippen LogP contribution is 2.41. The lowest BCUT2D eigenvalue weighted by molar-refractivity contribution is -0.140. The zero-order valence-electron chi connectivity index (χ0n) is 17.6. The Morgan fingerprint density at radius 2 is 1.78 bits per heavy atom. The average Bonchev–Trinajstić information content (AvgIpc) is 3.04. The Morgan fingerprint density at radius 1 is 1.09 bits per heavy atom. The van der Waals surface area contributed by atoms with Gasteiger partial charge < -0.3 is 14.7 Å². The molecule has 1 N–H and O–H groups in total. The summed E-state index contributed by atoms with van der Waals surface area (Å²) >= 11 is 6.06. The number of aliphatic hydroxyl groups is 1. The lowest BCUT2D eigenvalue weighted by Crippen LogP contribution is -2.29. The molecule has 4 rings (SSSR count). The Labute approximate surface area is 190 Å². The van der Waals surface area contributed by atoms with Gasteiger partial charge in [-0.3, -0.25) is 14.6 Å². The van der Waals surface area contributed by atoms with Gasteiger partial charge in [0.25, 0.3) is 11.7 Å². The van der Waals surface area contributed by atoms with Crippen LogP contribution in [0, 0.1) is 6.92 Å². The van der Waals surface area contributed by atoms with E-state index >= 15 is 0 Å². The van der Waals surface area contributed by atoms with Crippen molar-refractivity contribution in [3.8, 4) is 5.75 Å². The second kappa shape index (κ2) is 8.85. The van der Waals surface area contributed by atoms with Gasteiger partial charge in [-0.25, -0.2) is 0 Å². The number of carbonyl (C=O) groups is 2. The number of ketones is 1. The number of aliphatic hydroxyl groups excluding tert-OH is 1. The number of hydrogen-bond acceptors (Lipinski definition) is 5. The third-order valence-corrected chi connectivity index (χ3v) is 5.77. The maximum atomic E-state index is 13.1. The molecule has 7 heteroatoms. The molecular weight excluding hydrogens is 428 g/mol. The van der Waals surface area contributed by atoms with Crippen molar-refractivity contribution in [2.75, 3.05) is 7.11 Å². The van der Waals surface area contributed by atoms with E-state index in [1.165, 1.54) is 4.90 Å². The molecule has 1 amide bonds. The van der Waals surface area contributed by atoms with Crippen LogP contribution in [0.15, 0.2) is 72.6 Å². The highest BCUT2D eigenvalue weighted by molar-refractivity contribution is 6.46. The van der Waals surface area contributed by atoms with Crippen molar-refractivity contribution >= 4 is 29.1 Å². The van der Waals surface area contributed by atoms with Gasteiger partial charge in [-0.15, -0.1) is 0 Å². The van der Waals surface area contributed by atoms with Crippen LogP contribution in [-0.4, -0.2) is 33.8 Å². The number of aryl methyl sites for hydroxylation is 1. The van der Waals surface area contributed by atoms with Gasteiger partial charge in [-0.2, -0.15) is 0 Å². The monoisotopic (exact) mass is 448 g/mol. The summed E-state index contributed by atoms with van der Waals surface area (Å²) in [5, 5.41) is 11.8. The van der Waals surface area contributed by atoms with Gasteiger partial charge in [0.2, 0.25) is 0 Å². The largest absolute Gasteiger partial charge is 0.507 e. The van der Waals surface area contributed by atoms with Crippen molar-refractivity contribution in [1.82, 2.24) is 9.88 Å². The van der Waals surface area contributed by atoms with Gasteiger partial charge in [0.1, 0.15) is 11.5 Å². The fourth-order valence-electron chi connectivity index (χ4n) is 3.89. The number of amides is 1. The number of methoxy groups -OCH3 is 1. The minimum absolute atomic E-state index is 0.0413. The number of hydrogen-bond donors (Lipinski definition) is 1. The van der Waals surface area contributed by atoms with E-state index in [0.717, 1.165) is 11.1 Å². The number of rotatable bonds is 5. The van der Waals surface area contributed by atoms with Crippen LogP contribution in [0.25, 0.3) is 5.76 Å². The summed E-state index contributed by atoms with van der Waals surface area (Å²) in [7, 11) is 1.56. The van der Waals surface area contributed by atoms with E-state index in [4.69, 9.17) is 16.3 Å². The molecule has 2 aromatic carbocycles. The quantitative estimate of drug-likeness (QED) is 0.348. The average molecular weight is 449 g/mol. The molecule has 0 spiro atoms. The van der Waals surface area contributed by atoms with E-state index < -0.39 is 17.7 Å². The van der Waals surface area contributed by atoms with Crippen LogP contribution in [0.2, 0.25) is 5.02 Å². The van der Waals surface area contributed by atoms with Gasteiger partial charge in [0.05, 0.1) is 18.7 Å². The Hall–Kier alpha value is -3.64. The number of nitrogens with zero attached hydrogens (tertiary/aromatic N) is 2. The number of aromatic nitrogens is 1. The number of halogens is 1. The Kier molecular flexibility index (Phi) is 5.97. The molecule has 3 aromatic rings. The minimum Gasteiger partial charge on any atom is -0.507 e. The maximum Gasteiger partial charge on any atom is 0.295 e. The summed E-state index contributed by atoms with van der Waals surface area (Å²) in [4.78, 5) is 31.7. The summed E-state index contributed by atoms with van der Waals surface area (Å²) in [6.45, 7) is 2.00. The first-order chi connectivity index (χ1) is 15.4. The minimum atomic E-state index is -0.762. The van der Waals surface area contributed by atoms with Crippen LogP contribution in [0.5, 0.6) is 5.75 Å². The second-order valence-electron chi connectivity index (χ2n) is 7.51. The van der Waals surface area contributed by atoms with Crippen molar-refractivity contribution in [2.24, 2.45) is 0 Å². The van der Waals surface area contributed by atoms with Crippen LogP contribution in [0.4, 0.5) is 0 Å². The smallest absolute Gasteiger partial charge is 0.295 e. The van der Waals surface area contributed by atoms with Crippen molar-refractivity contribution in [3.63, 3.8) is 0 Å². The molecule has 0 radical (unpaired) electrons. The highest BCUT2D eigenvalue weighted by atomic mass is 35.5. The van der Waals surface area contributed by atoms with E-state index in [9.17, 15) is 14.7 Å². The van der Waals surface area contributed by atoms with E-state index in [2.05, 4.69) is 4.98 Å². The predicted molar refractivity (Wildman–Crippen MR) is 121 cm³/mol. The summed E-state index contributed by atoms with van der Waals surface area (Å²) in [6.07, 6.45) is 3.26. The molecule has 1 atom stereocenters. The number of likely N-dealkylation sites (tertiary alicyclic amines) is 1. The molecule has 0 aliphatic carbocycles. The maximum absolute atomic E-state index is 13.1. The Balaban J connectivity index is 1.87. The van der Waals surface area contributed by atoms with Gasteiger partial charge >= 0.3 is 0 Å². The molecule has 0 bridgehead atoms.